The molecular weight excluding hydrogens is 268 g/mol. The highest BCUT2D eigenvalue weighted by molar-refractivity contribution is 5.88. The molecule has 120 valence electrons. The number of carbonyl (C=O) groups is 2. The van der Waals surface area contributed by atoms with Crippen molar-refractivity contribution < 1.29 is 14.3 Å². The van der Waals surface area contributed by atoms with Gasteiger partial charge in [0.15, 0.2) is 0 Å². The zero-order valence-corrected chi connectivity index (χ0v) is 13.6. The number of carbonyl (C=O) groups excluding carboxylic acids is 2. The maximum Gasteiger partial charge on any atom is 0.245 e. The number of nitrogens with zero attached hydrogens (tertiary/aromatic N) is 1. The first-order chi connectivity index (χ1) is 9.89. The van der Waals surface area contributed by atoms with Crippen LogP contribution in [0.15, 0.2) is 0 Å². The van der Waals surface area contributed by atoms with Gasteiger partial charge in [-0.05, 0) is 39.0 Å². The number of nitrogens with one attached hydrogen (secondary N) is 1. The summed E-state index contributed by atoms with van der Waals surface area (Å²) in [6, 6.07) is -0.414. The fourth-order valence-electron chi connectivity index (χ4n) is 3.63. The van der Waals surface area contributed by atoms with Crippen LogP contribution in [-0.4, -0.2) is 41.1 Å². The van der Waals surface area contributed by atoms with Gasteiger partial charge < -0.3 is 10.1 Å². The van der Waals surface area contributed by atoms with E-state index >= 15 is 0 Å². The van der Waals surface area contributed by atoms with Crippen molar-refractivity contribution in [3.63, 3.8) is 0 Å². The summed E-state index contributed by atoms with van der Waals surface area (Å²) < 4.78 is 6.05. The Labute approximate surface area is 127 Å². The summed E-state index contributed by atoms with van der Waals surface area (Å²) in [5.74, 6) is 0.449. The van der Waals surface area contributed by atoms with Crippen LogP contribution < -0.4 is 5.32 Å². The molecule has 1 aliphatic carbocycles. The van der Waals surface area contributed by atoms with E-state index in [0.29, 0.717) is 18.9 Å². The fraction of sp³-hybridized carbons (Fsp3) is 0.875. The second kappa shape index (κ2) is 6.34. The monoisotopic (exact) mass is 296 g/mol. The van der Waals surface area contributed by atoms with Gasteiger partial charge in [0, 0.05) is 12.5 Å². The van der Waals surface area contributed by atoms with E-state index in [1.165, 1.54) is 6.42 Å². The van der Waals surface area contributed by atoms with Crippen LogP contribution >= 0.6 is 0 Å². The van der Waals surface area contributed by atoms with Crippen LogP contribution in [0, 0.1) is 5.92 Å². The van der Waals surface area contributed by atoms with Crippen molar-refractivity contribution in [1.82, 2.24) is 10.2 Å². The van der Waals surface area contributed by atoms with Crippen molar-refractivity contribution in [3.8, 4) is 0 Å². The molecule has 2 fully saturated rings. The minimum atomic E-state index is -0.552. The summed E-state index contributed by atoms with van der Waals surface area (Å²) in [5, 5.41) is 2.91. The summed E-state index contributed by atoms with van der Waals surface area (Å²) >= 11 is 0. The molecule has 1 heterocycles. The highest BCUT2D eigenvalue weighted by Crippen LogP contribution is 2.42. The quantitative estimate of drug-likeness (QED) is 0.867. The van der Waals surface area contributed by atoms with E-state index in [2.05, 4.69) is 12.2 Å². The van der Waals surface area contributed by atoms with E-state index in [0.717, 1.165) is 19.3 Å². The van der Waals surface area contributed by atoms with E-state index in [1.54, 1.807) is 4.90 Å². The molecule has 0 aromatic heterocycles. The number of hydrogen-bond donors (Lipinski definition) is 1. The average molecular weight is 296 g/mol. The largest absolute Gasteiger partial charge is 0.353 e. The van der Waals surface area contributed by atoms with Crippen LogP contribution in [-0.2, 0) is 14.3 Å². The molecule has 0 aromatic rings. The topological polar surface area (TPSA) is 58.6 Å². The third-order valence-corrected chi connectivity index (χ3v) is 4.50. The minimum absolute atomic E-state index is 0.0190. The van der Waals surface area contributed by atoms with E-state index in [4.69, 9.17) is 4.74 Å². The summed E-state index contributed by atoms with van der Waals surface area (Å²) in [5.41, 5.74) is -0.552. The van der Waals surface area contributed by atoms with E-state index in [9.17, 15) is 9.59 Å². The summed E-state index contributed by atoms with van der Waals surface area (Å²) in [6.45, 7) is 8.21. The van der Waals surface area contributed by atoms with Gasteiger partial charge in [0.25, 0.3) is 0 Å². The van der Waals surface area contributed by atoms with Crippen LogP contribution in [0.2, 0.25) is 0 Å². The molecule has 1 saturated heterocycles. The molecule has 21 heavy (non-hydrogen) atoms. The highest BCUT2D eigenvalue weighted by Gasteiger charge is 2.53. The highest BCUT2D eigenvalue weighted by atomic mass is 16.5. The first-order valence-corrected chi connectivity index (χ1v) is 8.16. The zero-order valence-electron chi connectivity index (χ0n) is 13.6. The van der Waals surface area contributed by atoms with E-state index in [-0.39, 0.29) is 17.9 Å². The van der Waals surface area contributed by atoms with Gasteiger partial charge in [-0.15, -0.1) is 0 Å². The maximum absolute atomic E-state index is 12.5. The Morgan fingerprint density at radius 3 is 2.71 bits per heavy atom. The lowest BCUT2D eigenvalue weighted by molar-refractivity contribution is -0.162. The standard InChI is InChI=1S/C16H28N2O3/c1-5-14(19)18-13(15(20)17-11(2)3)10-21-16(18)8-6-7-12(4)9-16/h11-13H,5-10H2,1-4H3,(H,17,20). The van der Waals surface area contributed by atoms with Gasteiger partial charge in [-0.1, -0.05) is 20.3 Å². The second-order valence-corrected chi connectivity index (χ2v) is 6.76. The van der Waals surface area contributed by atoms with Crippen molar-refractivity contribution in [3.05, 3.63) is 0 Å². The molecule has 1 spiro atoms. The fourth-order valence-corrected chi connectivity index (χ4v) is 3.63. The minimum Gasteiger partial charge on any atom is -0.353 e. The SMILES string of the molecule is CCC(=O)N1C(C(=O)NC(C)C)COC12CCCC(C)C2. The number of hydrogen-bond acceptors (Lipinski definition) is 3. The van der Waals surface area contributed by atoms with Crippen molar-refractivity contribution in [2.24, 2.45) is 5.92 Å². The van der Waals surface area contributed by atoms with Gasteiger partial charge in [-0.3, -0.25) is 14.5 Å². The molecule has 1 N–H and O–H groups in total. The first kappa shape index (κ1) is 16.3. The van der Waals surface area contributed by atoms with Crippen LogP contribution in [0.25, 0.3) is 0 Å². The predicted molar refractivity (Wildman–Crippen MR) is 80.5 cm³/mol. The number of ether oxygens (including phenoxy) is 1. The third-order valence-electron chi connectivity index (χ3n) is 4.50. The van der Waals surface area contributed by atoms with Gasteiger partial charge in [-0.25, -0.2) is 0 Å². The van der Waals surface area contributed by atoms with Crippen LogP contribution in [0.3, 0.4) is 0 Å². The van der Waals surface area contributed by atoms with Crippen molar-refractivity contribution in [2.45, 2.75) is 77.6 Å². The Balaban J connectivity index is 2.23. The zero-order chi connectivity index (χ0) is 15.6. The number of amides is 2. The van der Waals surface area contributed by atoms with Gasteiger partial charge in [0.05, 0.1) is 6.61 Å². The Bertz CT molecular complexity index is 408. The Morgan fingerprint density at radius 2 is 2.14 bits per heavy atom. The molecule has 2 rings (SSSR count). The molecule has 2 aliphatic rings. The molecule has 0 aromatic carbocycles. The van der Waals surface area contributed by atoms with Crippen molar-refractivity contribution in [1.29, 1.82) is 0 Å². The van der Waals surface area contributed by atoms with Crippen LogP contribution in [0.4, 0.5) is 0 Å². The molecule has 3 atom stereocenters. The Hall–Kier alpha value is -1.10. The summed E-state index contributed by atoms with van der Waals surface area (Å²) in [4.78, 5) is 26.6. The summed E-state index contributed by atoms with van der Waals surface area (Å²) in [6.07, 6.45) is 4.30. The van der Waals surface area contributed by atoms with Crippen LogP contribution in [0.5, 0.6) is 0 Å². The molecule has 5 heteroatoms. The second-order valence-electron chi connectivity index (χ2n) is 6.76. The Kier molecular flexibility index (Phi) is 4.91. The lowest BCUT2D eigenvalue weighted by atomic mass is 9.83. The Morgan fingerprint density at radius 1 is 1.43 bits per heavy atom. The molecule has 1 aliphatic heterocycles. The lowest BCUT2D eigenvalue weighted by Gasteiger charge is -2.43. The molecule has 2 amide bonds. The van der Waals surface area contributed by atoms with E-state index in [1.807, 2.05) is 20.8 Å². The van der Waals surface area contributed by atoms with Crippen LogP contribution in [0.1, 0.15) is 59.8 Å². The van der Waals surface area contributed by atoms with Gasteiger partial charge >= 0.3 is 0 Å². The van der Waals surface area contributed by atoms with Gasteiger partial charge in [-0.2, -0.15) is 0 Å². The molecule has 3 unspecified atom stereocenters. The smallest absolute Gasteiger partial charge is 0.245 e. The summed E-state index contributed by atoms with van der Waals surface area (Å²) in [7, 11) is 0. The normalized spacial score (nSPS) is 32.7. The molecular formula is C16H28N2O3. The number of rotatable bonds is 3. The molecule has 0 bridgehead atoms. The molecule has 5 nitrogen and oxygen atoms in total. The lowest BCUT2D eigenvalue weighted by Crippen LogP contribution is -2.57. The third kappa shape index (κ3) is 3.23. The average Bonchev–Trinajstić information content (AvgIpc) is 2.75. The first-order valence-electron chi connectivity index (χ1n) is 8.16. The van der Waals surface area contributed by atoms with Crippen molar-refractivity contribution in [2.75, 3.05) is 6.61 Å². The molecule has 0 radical (unpaired) electrons. The van der Waals surface area contributed by atoms with E-state index < -0.39 is 11.8 Å². The van der Waals surface area contributed by atoms with Gasteiger partial charge in [0.2, 0.25) is 11.8 Å². The molecule has 1 saturated carbocycles. The van der Waals surface area contributed by atoms with Gasteiger partial charge in [0.1, 0.15) is 11.8 Å². The predicted octanol–water partition coefficient (Wildman–Crippen LogP) is 2.05. The maximum atomic E-state index is 12.5. The van der Waals surface area contributed by atoms with Crippen molar-refractivity contribution >= 4 is 11.8 Å².